The average molecular weight is 304 g/mol. The van der Waals surface area contributed by atoms with Gasteiger partial charge >= 0.3 is 0 Å². The molecule has 0 saturated carbocycles. The van der Waals surface area contributed by atoms with E-state index >= 15 is 0 Å². The normalized spacial score (nSPS) is 14.6. The summed E-state index contributed by atoms with van der Waals surface area (Å²) in [7, 11) is -3.63. The highest BCUT2D eigenvalue weighted by atomic mass is 32.2. The van der Waals surface area contributed by atoms with Gasteiger partial charge in [0.2, 0.25) is 0 Å². The summed E-state index contributed by atoms with van der Waals surface area (Å²) in [6.07, 6.45) is -0.554. The van der Waals surface area contributed by atoms with Crippen LogP contribution < -0.4 is 0 Å². The Morgan fingerprint density at radius 2 is 1.71 bits per heavy atom. The molecule has 0 spiro atoms. The van der Waals surface area contributed by atoms with Crippen molar-refractivity contribution >= 4 is 9.84 Å². The van der Waals surface area contributed by atoms with E-state index in [0.717, 1.165) is 5.56 Å². The van der Waals surface area contributed by atoms with Crippen LogP contribution in [-0.2, 0) is 9.84 Å². The summed E-state index contributed by atoms with van der Waals surface area (Å²) < 4.78 is 25.8. The summed E-state index contributed by atoms with van der Waals surface area (Å²) in [4.78, 5) is 0.240. The van der Waals surface area contributed by atoms with Crippen LogP contribution in [-0.4, -0.2) is 19.6 Å². The quantitative estimate of drug-likeness (QED) is 0.922. The molecule has 0 fully saturated rings. The van der Waals surface area contributed by atoms with Gasteiger partial charge in [0.25, 0.3) is 0 Å². The molecular formula is C17H20O3S. The van der Waals surface area contributed by atoms with E-state index in [1.54, 1.807) is 43.3 Å². The Morgan fingerprint density at radius 3 is 2.29 bits per heavy atom. The standard InChI is InChI=1S/C17H20O3S/c1-3-16(18)17(14-9-7-8-13(2)12-14)21(19,20)15-10-5-4-6-11-15/h4-12,16-18H,3H2,1-2H3. The predicted octanol–water partition coefficient (Wildman–Crippen LogP) is 3.28. The molecule has 4 heteroatoms. The topological polar surface area (TPSA) is 54.4 Å². The fraction of sp³-hybridized carbons (Fsp3) is 0.294. The van der Waals surface area contributed by atoms with Crippen molar-refractivity contribution in [2.75, 3.05) is 0 Å². The number of hydrogen-bond donors (Lipinski definition) is 1. The molecule has 0 aliphatic carbocycles. The van der Waals surface area contributed by atoms with Crippen molar-refractivity contribution in [1.29, 1.82) is 0 Å². The van der Waals surface area contributed by atoms with Crippen molar-refractivity contribution in [3.05, 3.63) is 65.7 Å². The number of aliphatic hydroxyl groups is 1. The van der Waals surface area contributed by atoms with E-state index in [0.29, 0.717) is 12.0 Å². The van der Waals surface area contributed by atoms with Gasteiger partial charge in [0, 0.05) is 0 Å². The van der Waals surface area contributed by atoms with Crippen LogP contribution in [0, 0.1) is 6.92 Å². The molecule has 2 aromatic rings. The molecule has 0 aliphatic heterocycles. The fourth-order valence-corrected chi connectivity index (χ4v) is 4.37. The number of sulfone groups is 1. The highest BCUT2D eigenvalue weighted by Gasteiger charge is 2.34. The Morgan fingerprint density at radius 1 is 1.05 bits per heavy atom. The lowest BCUT2D eigenvalue weighted by Crippen LogP contribution is -2.26. The van der Waals surface area contributed by atoms with Crippen molar-refractivity contribution in [3.63, 3.8) is 0 Å². The lowest BCUT2D eigenvalue weighted by atomic mass is 10.0. The van der Waals surface area contributed by atoms with Gasteiger partial charge < -0.3 is 5.11 Å². The Kier molecular flexibility index (Phi) is 4.80. The highest BCUT2D eigenvalue weighted by molar-refractivity contribution is 7.91. The van der Waals surface area contributed by atoms with Crippen LogP contribution in [0.2, 0.25) is 0 Å². The van der Waals surface area contributed by atoms with Gasteiger partial charge in [-0.25, -0.2) is 8.42 Å². The molecule has 0 heterocycles. The first kappa shape index (κ1) is 15.7. The van der Waals surface area contributed by atoms with Gasteiger partial charge in [0.1, 0.15) is 5.25 Å². The number of hydrogen-bond acceptors (Lipinski definition) is 3. The number of aliphatic hydroxyl groups excluding tert-OH is 1. The van der Waals surface area contributed by atoms with E-state index < -0.39 is 21.2 Å². The molecule has 0 amide bonds. The van der Waals surface area contributed by atoms with Crippen LogP contribution in [0.5, 0.6) is 0 Å². The molecule has 21 heavy (non-hydrogen) atoms. The van der Waals surface area contributed by atoms with Gasteiger partial charge in [-0.2, -0.15) is 0 Å². The average Bonchev–Trinajstić information content (AvgIpc) is 2.48. The zero-order valence-corrected chi connectivity index (χ0v) is 13.0. The Labute approximate surface area is 126 Å². The third-order valence-corrected chi connectivity index (χ3v) is 5.73. The monoisotopic (exact) mass is 304 g/mol. The summed E-state index contributed by atoms with van der Waals surface area (Å²) in [5.41, 5.74) is 1.61. The third-order valence-electron chi connectivity index (χ3n) is 3.54. The van der Waals surface area contributed by atoms with Crippen LogP contribution in [0.1, 0.15) is 29.7 Å². The lowest BCUT2D eigenvalue weighted by Gasteiger charge is -2.23. The van der Waals surface area contributed by atoms with Gasteiger partial charge in [-0.1, -0.05) is 55.0 Å². The first-order valence-corrected chi connectivity index (χ1v) is 8.55. The molecule has 0 saturated heterocycles. The maximum Gasteiger partial charge on any atom is 0.187 e. The predicted molar refractivity (Wildman–Crippen MR) is 83.8 cm³/mol. The molecule has 1 N–H and O–H groups in total. The summed E-state index contributed by atoms with van der Waals surface area (Å²) in [5, 5.41) is 9.34. The molecule has 2 unspecified atom stereocenters. The molecule has 2 atom stereocenters. The zero-order chi connectivity index (χ0) is 15.5. The van der Waals surface area contributed by atoms with Crippen LogP contribution in [0.15, 0.2) is 59.5 Å². The summed E-state index contributed by atoms with van der Waals surface area (Å²) >= 11 is 0. The molecule has 112 valence electrons. The lowest BCUT2D eigenvalue weighted by molar-refractivity contribution is 0.164. The van der Waals surface area contributed by atoms with Crippen LogP contribution in [0.4, 0.5) is 0 Å². The second kappa shape index (κ2) is 6.41. The van der Waals surface area contributed by atoms with Gasteiger partial charge in [-0.3, -0.25) is 0 Å². The molecule has 0 aliphatic rings. The van der Waals surface area contributed by atoms with Gasteiger partial charge in [0.15, 0.2) is 9.84 Å². The van der Waals surface area contributed by atoms with E-state index in [4.69, 9.17) is 0 Å². The third kappa shape index (κ3) is 3.34. The molecule has 0 aromatic heterocycles. The van der Waals surface area contributed by atoms with E-state index in [9.17, 15) is 13.5 Å². The Bertz CT molecular complexity index is 693. The van der Waals surface area contributed by atoms with E-state index in [1.807, 2.05) is 25.1 Å². The van der Waals surface area contributed by atoms with Gasteiger partial charge in [-0.05, 0) is 31.0 Å². The van der Waals surface area contributed by atoms with E-state index in [-0.39, 0.29) is 4.90 Å². The first-order chi connectivity index (χ1) is 9.96. The zero-order valence-electron chi connectivity index (χ0n) is 12.2. The van der Waals surface area contributed by atoms with E-state index in [1.165, 1.54) is 0 Å². The molecule has 2 aromatic carbocycles. The molecule has 2 rings (SSSR count). The van der Waals surface area contributed by atoms with Crippen molar-refractivity contribution in [1.82, 2.24) is 0 Å². The van der Waals surface area contributed by atoms with Crippen LogP contribution in [0.3, 0.4) is 0 Å². The second-order valence-corrected chi connectivity index (χ2v) is 7.24. The minimum Gasteiger partial charge on any atom is -0.391 e. The summed E-state index contributed by atoms with van der Waals surface area (Å²) in [5.74, 6) is 0. The molecule has 3 nitrogen and oxygen atoms in total. The van der Waals surface area contributed by atoms with Crippen molar-refractivity contribution in [2.24, 2.45) is 0 Å². The minimum absolute atomic E-state index is 0.240. The maximum atomic E-state index is 12.9. The van der Waals surface area contributed by atoms with Gasteiger partial charge in [-0.15, -0.1) is 0 Å². The SMILES string of the molecule is CCC(O)C(c1cccc(C)c1)S(=O)(=O)c1ccccc1. The molecular weight excluding hydrogens is 284 g/mol. The largest absolute Gasteiger partial charge is 0.391 e. The number of aryl methyl sites for hydroxylation is 1. The highest BCUT2D eigenvalue weighted by Crippen LogP contribution is 2.33. The van der Waals surface area contributed by atoms with Crippen LogP contribution in [0.25, 0.3) is 0 Å². The van der Waals surface area contributed by atoms with Crippen molar-refractivity contribution in [2.45, 2.75) is 36.5 Å². The maximum absolute atomic E-state index is 12.9. The van der Waals surface area contributed by atoms with Crippen molar-refractivity contribution < 1.29 is 13.5 Å². The Hall–Kier alpha value is -1.65. The number of rotatable bonds is 5. The Balaban J connectivity index is 2.56. The smallest absolute Gasteiger partial charge is 0.187 e. The van der Waals surface area contributed by atoms with Crippen LogP contribution >= 0.6 is 0 Å². The first-order valence-electron chi connectivity index (χ1n) is 7.00. The van der Waals surface area contributed by atoms with Crippen molar-refractivity contribution in [3.8, 4) is 0 Å². The molecule has 0 bridgehead atoms. The van der Waals surface area contributed by atoms with E-state index in [2.05, 4.69) is 0 Å². The summed E-state index contributed by atoms with van der Waals surface area (Å²) in [6.45, 7) is 3.70. The summed E-state index contributed by atoms with van der Waals surface area (Å²) in [6, 6.07) is 15.6. The number of benzene rings is 2. The van der Waals surface area contributed by atoms with Gasteiger partial charge in [0.05, 0.1) is 11.0 Å². The minimum atomic E-state index is -3.63. The fourth-order valence-electron chi connectivity index (χ4n) is 2.43. The second-order valence-electron chi connectivity index (χ2n) is 5.17. The molecule has 0 radical (unpaired) electrons.